The Bertz CT molecular complexity index is 580. The Morgan fingerprint density at radius 1 is 1.17 bits per heavy atom. The molecule has 4 heterocycles. The molecule has 0 radical (unpaired) electrons. The first kappa shape index (κ1) is 16.1. The standard InChI is InChI=1S/C17H27N5O2/c18-15-9-16(20-12-19-15)22-6-4-17(23)3-5-21(10-13(17)11-22)14-1-7-24-8-2-14/h9,12-14,23H,1-8,10-11H2,(H2,18,19,20)/t13-,17-/m1/s1. The number of hydrogen-bond donors (Lipinski definition) is 2. The van der Waals surface area contributed by atoms with Crippen molar-refractivity contribution < 1.29 is 9.84 Å². The molecule has 0 aliphatic carbocycles. The minimum Gasteiger partial charge on any atom is -0.389 e. The van der Waals surface area contributed by atoms with Crippen molar-refractivity contribution in [3.8, 4) is 0 Å². The third-order valence-corrected chi connectivity index (χ3v) is 6.01. The molecule has 7 nitrogen and oxygen atoms in total. The van der Waals surface area contributed by atoms with Crippen molar-refractivity contribution in [2.75, 3.05) is 50.0 Å². The Morgan fingerprint density at radius 3 is 2.75 bits per heavy atom. The molecule has 132 valence electrons. The summed E-state index contributed by atoms with van der Waals surface area (Å²) in [6.45, 7) is 5.33. The number of fused-ring (bicyclic) bond motifs is 1. The maximum absolute atomic E-state index is 11.1. The average molecular weight is 333 g/mol. The number of nitrogens with zero attached hydrogens (tertiary/aromatic N) is 4. The number of nitrogen functional groups attached to an aromatic ring is 1. The lowest BCUT2D eigenvalue weighted by Crippen LogP contribution is -2.61. The number of piperidine rings is 2. The van der Waals surface area contributed by atoms with E-state index in [1.54, 1.807) is 0 Å². The van der Waals surface area contributed by atoms with Crippen molar-refractivity contribution in [1.82, 2.24) is 14.9 Å². The van der Waals surface area contributed by atoms with Crippen LogP contribution in [0.1, 0.15) is 25.7 Å². The molecule has 0 bridgehead atoms. The quantitative estimate of drug-likeness (QED) is 0.815. The third kappa shape index (κ3) is 3.08. The van der Waals surface area contributed by atoms with E-state index in [1.165, 1.54) is 6.33 Å². The summed E-state index contributed by atoms with van der Waals surface area (Å²) in [5.41, 5.74) is 5.26. The molecule has 0 amide bonds. The molecule has 1 aromatic rings. The molecule has 1 aromatic heterocycles. The maximum Gasteiger partial charge on any atom is 0.134 e. The van der Waals surface area contributed by atoms with Gasteiger partial charge in [0.25, 0.3) is 0 Å². The van der Waals surface area contributed by atoms with Crippen LogP contribution in [0, 0.1) is 5.92 Å². The lowest BCUT2D eigenvalue weighted by atomic mass is 9.75. The van der Waals surface area contributed by atoms with Crippen molar-refractivity contribution in [3.63, 3.8) is 0 Å². The van der Waals surface area contributed by atoms with Crippen LogP contribution < -0.4 is 10.6 Å². The van der Waals surface area contributed by atoms with Gasteiger partial charge >= 0.3 is 0 Å². The molecular weight excluding hydrogens is 306 g/mol. The van der Waals surface area contributed by atoms with E-state index in [1.807, 2.05) is 6.07 Å². The molecule has 3 aliphatic rings. The second kappa shape index (κ2) is 6.46. The summed E-state index contributed by atoms with van der Waals surface area (Å²) in [5.74, 6) is 1.61. The van der Waals surface area contributed by atoms with Crippen LogP contribution in [0.25, 0.3) is 0 Å². The maximum atomic E-state index is 11.1. The first-order valence-electron chi connectivity index (χ1n) is 9.01. The summed E-state index contributed by atoms with van der Waals surface area (Å²) in [7, 11) is 0. The predicted molar refractivity (Wildman–Crippen MR) is 91.7 cm³/mol. The van der Waals surface area contributed by atoms with Crippen LogP contribution in [-0.4, -0.2) is 71.0 Å². The molecule has 0 spiro atoms. The zero-order chi connectivity index (χ0) is 16.6. The number of nitrogens with two attached hydrogens (primary N) is 1. The lowest BCUT2D eigenvalue weighted by molar-refractivity contribution is -0.0985. The highest BCUT2D eigenvalue weighted by Gasteiger charge is 2.46. The van der Waals surface area contributed by atoms with Crippen molar-refractivity contribution in [3.05, 3.63) is 12.4 Å². The molecular formula is C17H27N5O2. The van der Waals surface area contributed by atoms with Gasteiger partial charge in [-0.05, 0) is 25.7 Å². The molecule has 24 heavy (non-hydrogen) atoms. The summed E-state index contributed by atoms with van der Waals surface area (Å²) in [6, 6.07) is 2.43. The normalized spacial score (nSPS) is 32.5. The van der Waals surface area contributed by atoms with Crippen molar-refractivity contribution in [2.24, 2.45) is 5.92 Å². The van der Waals surface area contributed by atoms with Crippen LogP contribution in [-0.2, 0) is 4.74 Å². The Balaban J connectivity index is 1.46. The van der Waals surface area contributed by atoms with Gasteiger partial charge in [-0.1, -0.05) is 0 Å². The largest absolute Gasteiger partial charge is 0.389 e. The minimum atomic E-state index is -0.531. The molecule has 3 N–H and O–H groups in total. The number of anilines is 2. The van der Waals surface area contributed by atoms with Gasteiger partial charge < -0.3 is 20.5 Å². The van der Waals surface area contributed by atoms with Gasteiger partial charge in [0.15, 0.2) is 0 Å². The molecule has 0 saturated carbocycles. The SMILES string of the molecule is Nc1cc(N2CC[C@]3(O)CCN(C4CCOCC4)C[C@@H]3C2)ncn1. The summed E-state index contributed by atoms with van der Waals surface area (Å²) in [4.78, 5) is 13.1. The van der Waals surface area contributed by atoms with Crippen LogP contribution in [0.3, 0.4) is 0 Å². The number of rotatable bonds is 2. The highest BCUT2D eigenvalue weighted by molar-refractivity contribution is 5.46. The van der Waals surface area contributed by atoms with E-state index in [-0.39, 0.29) is 5.92 Å². The van der Waals surface area contributed by atoms with Crippen LogP contribution in [0.15, 0.2) is 12.4 Å². The highest BCUT2D eigenvalue weighted by atomic mass is 16.5. The summed E-state index contributed by atoms with van der Waals surface area (Å²) in [6.07, 6.45) is 5.40. The number of likely N-dealkylation sites (tertiary alicyclic amines) is 1. The monoisotopic (exact) mass is 333 g/mol. The molecule has 3 saturated heterocycles. The average Bonchev–Trinajstić information content (AvgIpc) is 2.61. The van der Waals surface area contributed by atoms with Crippen molar-refractivity contribution in [1.29, 1.82) is 0 Å². The van der Waals surface area contributed by atoms with Crippen LogP contribution in [0.2, 0.25) is 0 Å². The Kier molecular flexibility index (Phi) is 4.32. The number of ether oxygens (including phenoxy) is 1. The van der Waals surface area contributed by atoms with E-state index in [2.05, 4.69) is 19.8 Å². The smallest absolute Gasteiger partial charge is 0.134 e. The fourth-order valence-corrected chi connectivity index (χ4v) is 4.45. The topological polar surface area (TPSA) is 87.7 Å². The zero-order valence-electron chi connectivity index (χ0n) is 14.1. The predicted octanol–water partition coefficient (Wildman–Crippen LogP) is 0.501. The van der Waals surface area contributed by atoms with Crippen molar-refractivity contribution >= 4 is 11.6 Å². The van der Waals surface area contributed by atoms with Gasteiger partial charge in [0.2, 0.25) is 0 Å². The Morgan fingerprint density at radius 2 is 1.96 bits per heavy atom. The number of hydrogen-bond acceptors (Lipinski definition) is 7. The summed E-state index contributed by atoms with van der Waals surface area (Å²) < 4.78 is 5.49. The summed E-state index contributed by atoms with van der Waals surface area (Å²) in [5, 5.41) is 11.1. The fourth-order valence-electron chi connectivity index (χ4n) is 4.45. The van der Waals surface area contributed by atoms with Gasteiger partial charge in [0.1, 0.15) is 18.0 Å². The second-order valence-electron chi connectivity index (χ2n) is 7.39. The third-order valence-electron chi connectivity index (χ3n) is 6.01. The zero-order valence-corrected chi connectivity index (χ0v) is 14.1. The first-order chi connectivity index (χ1) is 11.6. The van der Waals surface area contributed by atoms with Gasteiger partial charge in [0.05, 0.1) is 5.60 Å². The first-order valence-corrected chi connectivity index (χ1v) is 9.01. The number of aliphatic hydroxyl groups is 1. The van der Waals surface area contributed by atoms with Crippen LogP contribution >= 0.6 is 0 Å². The fraction of sp³-hybridized carbons (Fsp3) is 0.765. The van der Waals surface area contributed by atoms with Gasteiger partial charge in [-0.25, -0.2) is 9.97 Å². The van der Waals surface area contributed by atoms with Gasteiger partial charge in [0, 0.05) is 57.4 Å². The highest BCUT2D eigenvalue weighted by Crippen LogP contribution is 2.38. The Labute approximate surface area is 142 Å². The van der Waals surface area contributed by atoms with E-state index < -0.39 is 5.60 Å². The van der Waals surface area contributed by atoms with Gasteiger partial charge in [-0.15, -0.1) is 0 Å². The second-order valence-corrected chi connectivity index (χ2v) is 7.39. The van der Waals surface area contributed by atoms with Crippen LogP contribution in [0.4, 0.5) is 11.6 Å². The molecule has 3 fully saturated rings. The number of aromatic nitrogens is 2. The molecule has 3 aliphatic heterocycles. The Hall–Kier alpha value is -1.44. The van der Waals surface area contributed by atoms with E-state index >= 15 is 0 Å². The lowest BCUT2D eigenvalue weighted by Gasteiger charge is -2.52. The van der Waals surface area contributed by atoms with E-state index in [0.717, 1.165) is 70.9 Å². The van der Waals surface area contributed by atoms with Crippen LogP contribution in [0.5, 0.6) is 0 Å². The van der Waals surface area contributed by atoms with E-state index in [0.29, 0.717) is 11.9 Å². The molecule has 7 heteroatoms. The van der Waals surface area contributed by atoms with Gasteiger partial charge in [-0.3, -0.25) is 4.90 Å². The molecule has 0 aromatic carbocycles. The molecule has 4 rings (SSSR count). The van der Waals surface area contributed by atoms with E-state index in [9.17, 15) is 5.11 Å². The molecule has 0 unspecified atom stereocenters. The molecule has 2 atom stereocenters. The van der Waals surface area contributed by atoms with Gasteiger partial charge in [-0.2, -0.15) is 0 Å². The van der Waals surface area contributed by atoms with Crippen molar-refractivity contribution in [2.45, 2.75) is 37.3 Å². The minimum absolute atomic E-state index is 0.249. The summed E-state index contributed by atoms with van der Waals surface area (Å²) >= 11 is 0. The van der Waals surface area contributed by atoms with E-state index in [4.69, 9.17) is 10.5 Å².